The van der Waals surface area contributed by atoms with Crippen molar-refractivity contribution in [2.75, 3.05) is 13.1 Å². The first-order chi connectivity index (χ1) is 3.27. The number of halogens is 2. The second-order valence-corrected chi connectivity index (χ2v) is 1.90. The highest BCUT2D eigenvalue weighted by Crippen LogP contribution is 1.70. The smallest absolute Gasteiger partial charge is 0.00768 e. The summed E-state index contributed by atoms with van der Waals surface area (Å²) in [4.78, 5) is 0. The van der Waals surface area contributed by atoms with Gasteiger partial charge in [0, 0.05) is 19.1 Å². The number of hydrogen-bond donors (Lipinski definition) is 2. The fourth-order valence-electron chi connectivity index (χ4n) is 0.372. The van der Waals surface area contributed by atoms with Gasteiger partial charge in [-0.3, -0.25) is 0 Å². The van der Waals surface area contributed by atoms with Gasteiger partial charge < -0.3 is 11.1 Å². The Morgan fingerprint density at radius 2 is 1.78 bits per heavy atom. The summed E-state index contributed by atoms with van der Waals surface area (Å²) >= 11 is 0. The maximum Gasteiger partial charge on any atom is 0.00768 e. The maximum atomic E-state index is 5.21. The van der Waals surface area contributed by atoms with Gasteiger partial charge >= 0.3 is 0 Å². The van der Waals surface area contributed by atoms with Crippen LogP contribution in [-0.4, -0.2) is 19.1 Å². The highest BCUT2D eigenvalue weighted by molar-refractivity contribution is 5.85. The third-order valence-electron chi connectivity index (χ3n) is 0.697. The van der Waals surface area contributed by atoms with Gasteiger partial charge in [-0.05, 0) is 0 Å². The minimum absolute atomic E-state index is 0. The van der Waals surface area contributed by atoms with Crippen LogP contribution in [-0.2, 0) is 0 Å². The third-order valence-corrected chi connectivity index (χ3v) is 0.697. The van der Waals surface area contributed by atoms with Gasteiger partial charge in [0.05, 0.1) is 0 Å². The lowest BCUT2D eigenvalue weighted by molar-refractivity contribution is 0.596. The molecule has 2 nitrogen and oxygen atoms in total. The highest BCUT2D eigenvalue weighted by Gasteiger charge is 1.85. The third kappa shape index (κ3) is 17.7. The van der Waals surface area contributed by atoms with E-state index in [1.165, 1.54) is 0 Å². The van der Waals surface area contributed by atoms with Crippen LogP contribution in [0.25, 0.3) is 0 Å². The molecule has 0 aromatic carbocycles. The Bertz CT molecular complexity index is 41.9. The zero-order valence-electron chi connectivity index (χ0n) is 5.89. The van der Waals surface area contributed by atoms with Gasteiger partial charge in [0.15, 0.2) is 0 Å². The minimum Gasteiger partial charge on any atom is -0.329 e. The summed E-state index contributed by atoms with van der Waals surface area (Å²) in [5.74, 6) is 0. The number of rotatable bonds is 3. The van der Waals surface area contributed by atoms with Crippen LogP contribution in [0, 0.1) is 0 Å². The van der Waals surface area contributed by atoms with Crippen LogP contribution < -0.4 is 11.1 Å². The number of nitrogens with two attached hydrogens (primary N) is 1. The van der Waals surface area contributed by atoms with E-state index in [-0.39, 0.29) is 24.8 Å². The first kappa shape index (κ1) is 16.2. The van der Waals surface area contributed by atoms with Gasteiger partial charge in [-0.15, -0.1) is 24.8 Å². The summed E-state index contributed by atoms with van der Waals surface area (Å²) in [5.41, 5.74) is 5.21. The van der Waals surface area contributed by atoms with Crippen molar-refractivity contribution in [2.24, 2.45) is 5.73 Å². The van der Waals surface area contributed by atoms with Gasteiger partial charge in [0.25, 0.3) is 0 Å². The molecule has 0 aromatic rings. The lowest BCUT2D eigenvalue weighted by atomic mass is 10.4. The first-order valence-electron chi connectivity index (χ1n) is 2.71. The van der Waals surface area contributed by atoms with E-state index in [9.17, 15) is 0 Å². The maximum absolute atomic E-state index is 5.21. The predicted octanol–water partition coefficient (Wildman–Crippen LogP) is 0.787. The van der Waals surface area contributed by atoms with Crippen molar-refractivity contribution in [2.45, 2.75) is 19.9 Å². The Kier molecular flexibility index (Phi) is 20.4. The van der Waals surface area contributed by atoms with E-state index in [0.717, 1.165) is 13.1 Å². The highest BCUT2D eigenvalue weighted by atomic mass is 35.5. The zero-order chi connectivity index (χ0) is 5.70. The largest absolute Gasteiger partial charge is 0.329 e. The summed E-state index contributed by atoms with van der Waals surface area (Å²) < 4.78 is 0. The van der Waals surface area contributed by atoms with Crippen molar-refractivity contribution < 1.29 is 0 Å². The molecule has 0 spiro atoms. The van der Waals surface area contributed by atoms with Gasteiger partial charge in [-0.1, -0.05) is 13.8 Å². The van der Waals surface area contributed by atoms with Crippen molar-refractivity contribution >= 4 is 24.8 Å². The SMILES string of the molecule is CC(C)NCCN.Cl.Cl. The van der Waals surface area contributed by atoms with Crippen LogP contribution in [0.15, 0.2) is 0 Å². The normalized spacial score (nSPS) is 8.00. The van der Waals surface area contributed by atoms with Crippen molar-refractivity contribution in [3.63, 3.8) is 0 Å². The zero-order valence-corrected chi connectivity index (χ0v) is 7.52. The summed E-state index contributed by atoms with van der Waals surface area (Å²) in [5, 5.41) is 3.17. The van der Waals surface area contributed by atoms with Gasteiger partial charge in [-0.2, -0.15) is 0 Å². The average Bonchev–Trinajstić information content (AvgIpc) is 1.61. The van der Waals surface area contributed by atoms with Crippen LogP contribution in [0.2, 0.25) is 0 Å². The molecule has 0 rings (SSSR count). The van der Waals surface area contributed by atoms with E-state index < -0.39 is 0 Å². The van der Waals surface area contributed by atoms with Crippen molar-refractivity contribution in [1.29, 1.82) is 0 Å². The second kappa shape index (κ2) is 11.3. The van der Waals surface area contributed by atoms with E-state index in [1.807, 2.05) is 0 Å². The molecule has 0 saturated carbocycles. The van der Waals surface area contributed by atoms with Crippen LogP contribution in [0.1, 0.15) is 13.8 Å². The topological polar surface area (TPSA) is 38.0 Å². The molecule has 0 radical (unpaired) electrons. The Morgan fingerprint density at radius 1 is 1.33 bits per heavy atom. The molecule has 0 aliphatic rings. The molecule has 4 heteroatoms. The standard InChI is InChI=1S/C5H14N2.2ClH/c1-5(2)7-4-3-6;;/h5,7H,3-4,6H2,1-2H3;2*1H. The lowest BCUT2D eigenvalue weighted by Crippen LogP contribution is -2.28. The quantitative estimate of drug-likeness (QED) is 0.665. The Labute approximate surface area is 69.4 Å². The lowest BCUT2D eigenvalue weighted by Gasteiger charge is -2.03. The molecular weight excluding hydrogens is 159 g/mol. The molecule has 0 atom stereocenters. The molecule has 60 valence electrons. The van der Waals surface area contributed by atoms with Crippen LogP contribution in [0.3, 0.4) is 0 Å². The molecule has 9 heavy (non-hydrogen) atoms. The Balaban J connectivity index is -0.000000180. The van der Waals surface area contributed by atoms with Crippen LogP contribution in [0.4, 0.5) is 0 Å². The molecule has 0 fully saturated rings. The van der Waals surface area contributed by atoms with Gasteiger partial charge in [-0.25, -0.2) is 0 Å². The van der Waals surface area contributed by atoms with E-state index in [2.05, 4.69) is 19.2 Å². The molecule has 3 N–H and O–H groups in total. The van der Waals surface area contributed by atoms with Gasteiger partial charge in [0.1, 0.15) is 0 Å². The van der Waals surface area contributed by atoms with Crippen molar-refractivity contribution in [1.82, 2.24) is 5.32 Å². The molecule has 0 saturated heterocycles. The fourth-order valence-corrected chi connectivity index (χ4v) is 0.372. The van der Waals surface area contributed by atoms with Crippen molar-refractivity contribution in [3.8, 4) is 0 Å². The first-order valence-corrected chi connectivity index (χ1v) is 2.71. The fraction of sp³-hybridized carbons (Fsp3) is 1.00. The average molecular weight is 175 g/mol. The van der Waals surface area contributed by atoms with Crippen LogP contribution >= 0.6 is 24.8 Å². The number of nitrogens with one attached hydrogen (secondary N) is 1. The van der Waals surface area contributed by atoms with E-state index in [4.69, 9.17) is 5.73 Å². The Hall–Kier alpha value is 0.500. The molecule has 0 heterocycles. The summed E-state index contributed by atoms with van der Waals surface area (Å²) in [6, 6.07) is 0.573. The molecule has 0 aromatic heterocycles. The van der Waals surface area contributed by atoms with E-state index in [0.29, 0.717) is 6.04 Å². The molecule has 0 aliphatic carbocycles. The second-order valence-electron chi connectivity index (χ2n) is 1.90. The molecule has 0 aliphatic heterocycles. The summed E-state index contributed by atoms with van der Waals surface area (Å²) in [6.45, 7) is 5.88. The molecule has 0 bridgehead atoms. The number of hydrogen-bond acceptors (Lipinski definition) is 2. The monoisotopic (exact) mass is 174 g/mol. The van der Waals surface area contributed by atoms with E-state index in [1.54, 1.807) is 0 Å². The van der Waals surface area contributed by atoms with Crippen LogP contribution in [0.5, 0.6) is 0 Å². The minimum atomic E-state index is 0. The van der Waals surface area contributed by atoms with E-state index >= 15 is 0 Å². The molecule has 0 unspecified atom stereocenters. The Morgan fingerprint density at radius 3 is 1.89 bits per heavy atom. The predicted molar refractivity (Wildman–Crippen MR) is 46.7 cm³/mol. The molecular formula is C5H16Cl2N2. The summed E-state index contributed by atoms with van der Waals surface area (Å²) in [7, 11) is 0. The molecule has 0 amide bonds. The van der Waals surface area contributed by atoms with Crippen molar-refractivity contribution in [3.05, 3.63) is 0 Å². The van der Waals surface area contributed by atoms with Gasteiger partial charge in [0.2, 0.25) is 0 Å². The summed E-state index contributed by atoms with van der Waals surface area (Å²) in [6.07, 6.45) is 0.